The van der Waals surface area contributed by atoms with Crippen molar-refractivity contribution in [3.05, 3.63) is 83.9 Å². The molecule has 1 atom stereocenters. The monoisotopic (exact) mass is 569 g/mol. The van der Waals surface area contributed by atoms with Crippen molar-refractivity contribution in [2.45, 2.75) is 25.3 Å². The van der Waals surface area contributed by atoms with E-state index in [4.69, 9.17) is 15.5 Å². The number of hydrogen-bond donors (Lipinski definition) is 1. The second-order valence-corrected chi connectivity index (χ2v) is 10.2. The normalized spacial score (nSPS) is 15.0. The van der Waals surface area contributed by atoms with E-state index in [2.05, 4.69) is 19.9 Å². The van der Waals surface area contributed by atoms with Crippen LogP contribution in [0.3, 0.4) is 0 Å². The van der Waals surface area contributed by atoms with E-state index in [1.54, 1.807) is 12.1 Å². The smallest absolute Gasteiger partial charge is 0.185 e. The van der Waals surface area contributed by atoms with Gasteiger partial charge in [0, 0.05) is 45.0 Å². The number of nitrogens with two attached hydrogens (primary N) is 1. The summed E-state index contributed by atoms with van der Waals surface area (Å²) in [6.45, 7) is 1.20. The summed E-state index contributed by atoms with van der Waals surface area (Å²) in [5.74, 6) is -0.509. The Balaban J connectivity index is 1.44. The molecule has 214 valence electrons. The molecule has 0 aliphatic carbocycles. The maximum atomic E-state index is 14.7. The third-order valence-corrected chi connectivity index (χ3v) is 7.77. The third kappa shape index (κ3) is 4.75. The molecule has 42 heavy (non-hydrogen) atoms. The molecule has 0 saturated carbocycles. The number of methoxy groups -OCH3 is 1. The Morgan fingerprint density at radius 3 is 2.74 bits per heavy atom. The van der Waals surface area contributed by atoms with Crippen LogP contribution >= 0.6 is 0 Å². The first-order valence-corrected chi connectivity index (χ1v) is 13.6. The SMILES string of the molecule is COc1cccc(F)c1-c1nccc(C(=O)Cc2ccc3c(nc(-c4ccncc4F)n3C)c2N2CCC[C@H]2CN)n1. The Labute approximate surface area is 241 Å². The molecular formula is C31H29F2N7O2. The molecule has 0 bridgehead atoms. The van der Waals surface area contributed by atoms with E-state index in [9.17, 15) is 13.6 Å². The van der Waals surface area contributed by atoms with Crippen molar-refractivity contribution < 1.29 is 18.3 Å². The number of aromatic nitrogens is 5. The van der Waals surface area contributed by atoms with E-state index < -0.39 is 11.6 Å². The minimum Gasteiger partial charge on any atom is -0.496 e. The Hall–Kier alpha value is -4.77. The Morgan fingerprint density at radius 2 is 1.95 bits per heavy atom. The van der Waals surface area contributed by atoms with Crippen molar-refractivity contribution in [3.63, 3.8) is 0 Å². The van der Waals surface area contributed by atoms with Crippen molar-refractivity contribution in [1.29, 1.82) is 0 Å². The van der Waals surface area contributed by atoms with Gasteiger partial charge in [0.15, 0.2) is 17.4 Å². The van der Waals surface area contributed by atoms with Gasteiger partial charge >= 0.3 is 0 Å². The van der Waals surface area contributed by atoms with Gasteiger partial charge in [-0.2, -0.15) is 0 Å². The van der Waals surface area contributed by atoms with Crippen LogP contribution in [0.4, 0.5) is 14.5 Å². The minimum atomic E-state index is -0.551. The zero-order valence-electron chi connectivity index (χ0n) is 23.2. The van der Waals surface area contributed by atoms with Crippen LogP contribution in [-0.2, 0) is 13.5 Å². The number of fused-ring (bicyclic) bond motifs is 1. The number of anilines is 1. The molecule has 0 radical (unpaired) electrons. The molecule has 0 unspecified atom stereocenters. The van der Waals surface area contributed by atoms with Crippen LogP contribution < -0.4 is 15.4 Å². The van der Waals surface area contributed by atoms with Crippen LogP contribution in [0.25, 0.3) is 33.8 Å². The number of carbonyl (C=O) groups is 1. The van der Waals surface area contributed by atoms with Crippen molar-refractivity contribution in [1.82, 2.24) is 24.5 Å². The van der Waals surface area contributed by atoms with E-state index in [-0.39, 0.29) is 41.1 Å². The number of Topliss-reactive ketones (excluding diaryl/α,β-unsaturated/α-hetero) is 1. The molecule has 0 spiro atoms. The summed E-state index contributed by atoms with van der Waals surface area (Å²) >= 11 is 0. The van der Waals surface area contributed by atoms with Gasteiger partial charge in [-0.3, -0.25) is 9.78 Å². The molecule has 1 saturated heterocycles. The lowest BCUT2D eigenvalue weighted by atomic mass is 10.0. The molecule has 1 aliphatic heterocycles. The second-order valence-electron chi connectivity index (χ2n) is 10.2. The summed E-state index contributed by atoms with van der Waals surface area (Å²) in [4.78, 5) is 33.3. The van der Waals surface area contributed by atoms with Crippen LogP contribution in [0.2, 0.25) is 0 Å². The number of carbonyl (C=O) groups excluding carboxylic acids is 1. The summed E-state index contributed by atoms with van der Waals surface area (Å²) in [6, 6.07) is 11.4. The molecule has 1 fully saturated rings. The lowest BCUT2D eigenvalue weighted by Gasteiger charge is -2.28. The first kappa shape index (κ1) is 27.4. The first-order valence-electron chi connectivity index (χ1n) is 13.6. The highest BCUT2D eigenvalue weighted by Gasteiger charge is 2.30. The Kier molecular flexibility index (Phi) is 7.34. The number of rotatable bonds is 8. The number of benzene rings is 2. The fourth-order valence-corrected chi connectivity index (χ4v) is 5.71. The van der Waals surface area contributed by atoms with Crippen LogP contribution in [0, 0.1) is 11.6 Å². The molecule has 0 amide bonds. The molecule has 4 heterocycles. The number of ketones is 1. The van der Waals surface area contributed by atoms with E-state index in [0.717, 1.165) is 42.4 Å². The number of pyridine rings is 1. The zero-order chi connectivity index (χ0) is 29.4. The highest BCUT2D eigenvalue weighted by atomic mass is 19.1. The van der Waals surface area contributed by atoms with Crippen molar-refractivity contribution in [3.8, 4) is 28.5 Å². The topological polar surface area (TPSA) is 112 Å². The van der Waals surface area contributed by atoms with Gasteiger partial charge in [-0.15, -0.1) is 0 Å². The summed E-state index contributed by atoms with van der Waals surface area (Å²) in [5.41, 5.74) is 9.73. The minimum absolute atomic E-state index is 0.0133. The highest BCUT2D eigenvalue weighted by molar-refractivity contribution is 6.00. The lowest BCUT2D eigenvalue weighted by molar-refractivity contribution is 0.0988. The van der Waals surface area contributed by atoms with Gasteiger partial charge in [0.2, 0.25) is 0 Å². The van der Waals surface area contributed by atoms with E-state index in [0.29, 0.717) is 23.4 Å². The molecule has 11 heteroatoms. The number of hydrogen-bond acceptors (Lipinski definition) is 8. The van der Waals surface area contributed by atoms with Gasteiger partial charge in [0.05, 0.1) is 35.6 Å². The fraction of sp³-hybridized carbons (Fsp3) is 0.258. The van der Waals surface area contributed by atoms with E-state index in [1.807, 2.05) is 23.7 Å². The molecular weight excluding hydrogens is 540 g/mol. The lowest BCUT2D eigenvalue weighted by Crippen LogP contribution is -2.36. The maximum absolute atomic E-state index is 14.7. The average Bonchev–Trinajstić information content (AvgIpc) is 3.61. The maximum Gasteiger partial charge on any atom is 0.185 e. The number of halogens is 2. The van der Waals surface area contributed by atoms with Gasteiger partial charge in [-0.05, 0) is 48.7 Å². The predicted octanol–water partition coefficient (Wildman–Crippen LogP) is 4.73. The predicted molar refractivity (Wildman–Crippen MR) is 155 cm³/mol. The summed E-state index contributed by atoms with van der Waals surface area (Å²) in [7, 11) is 3.27. The number of imidazole rings is 1. The number of aryl methyl sites for hydroxylation is 1. The van der Waals surface area contributed by atoms with Gasteiger partial charge < -0.3 is 19.9 Å². The summed E-state index contributed by atoms with van der Waals surface area (Å²) in [6.07, 6.45) is 6.00. The molecule has 9 nitrogen and oxygen atoms in total. The van der Waals surface area contributed by atoms with Crippen LogP contribution in [-0.4, -0.2) is 56.5 Å². The largest absolute Gasteiger partial charge is 0.496 e. The van der Waals surface area contributed by atoms with Crippen LogP contribution in [0.5, 0.6) is 5.75 Å². The molecule has 1 aliphatic rings. The van der Waals surface area contributed by atoms with Crippen molar-refractivity contribution in [2.75, 3.05) is 25.1 Å². The fourth-order valence-electron chi connectivity index (χ4n) is 5.71. The highest BCUT2D eigenvalue weighted by Crippen LogP contribution is 2.38. The standard InChI is InChI=1S/C31H29F2N7O2/c1-39-24-9-8-18(15-25(41)23-11-13-36-30(37-23)27-21(32)6-3-7-26(27)42-2)29(40-14-4-5-19(40)16-34)28(24)38-31(39)20-10-12-35-17-22(20)33/h3,6-13,17,19H,4-5,14-16,34H2,1-2H3/t19-/m0/s1. The Morgan fingerprint density at radius 1 is 1.10 bits per heavy atom. The molecule has 2 N–H and O–H groups in total. The molecule has 3 aromatic heterocycles. The van der Waals surface area contributed by atoms with Gasteiger partial charge in [0.25, 0.3) is 0 Å². The Bertz CT molecular complexity index is 1810. The summed E-state index contributed by atoms with van der Waals surface area (Å²) in [5, 5.41) is 0. The van der Waals surface area contributed by atoms with Crippen molar-refractivity contribution in [2.24, 2.45) is 12.8 Å². The van der Waals surface area contributed by atoms with Gasteiger partial charge in [0.1, 0.15) is 28.6 Å². The first-order chi connectivity index (χ1) is 20.4. The molecule has 6 rings (SSSR count). The number of ether oxygens (including phenoxy) is 1. The summed E-state index contributed by atoms with van der Waals surface area (Å²) < 4.78 is 36.6. The van der Waals surface area contributed by atoms with Crippen LogP contribution in [0.1, 0.15) is 28.9 Å². The zero-order valence-corrected chi connectivity index (χ0v) is 23.2. The quantitative estimate of drug-likeness (QED) is 0.267. The second kappa shape index (κ2) is 11.2. The molecule has 5 aromatic rings. The van der Waals surface area contributed by atoms with Gasteiger partial charge in [-0.1, -0.05) is 12.1 Å². The number of nitrogens with zero attached hydrogens (tertiary/aromatic N) is 6. The van der Waals surface area contributed by atoms with Crippen LogP contribution in [0.15, 0.2) is 61.1 Å². The van der Waals surface area contributed by atoms with E-state index >= 15 is 0 Å². The molecule has 2 aromatic carbocycles. The average molecular weight is 570 g/mol. The van der Waals surface area contributed by atoms with E-state index in [1.165, 1.54) is 37.7 Å². The third-order valence-electron chi connectivity index (χ3n) is 7.77. The van der Waals surface area contributed by atoms with Gasteiger partial charge in [-0.25, -0.2) is 23.7 Å². The van der Waals surface area contributed by atoms with Crippen molar-refractivity contribution >= 4 is 22.5 Å².